The lowest BCUT2D eigenvalue weighted by Gasteiger charge is -2.11. The monoisotopic (exact) mass is 451 g/mol. The maximum Gasteiger partial charge on any atom is 0.309 e. The quantitative estimate of drug-likeness (QED) is 0.370. The number of carbonyl (C=O) groups excluding carboxylic acids is 2. The third kappa shape index (κ3) is 4.35. The lowest BCUT2D eigenvalue weighted by molar-refractivity contribution is -0.132. The first-order chi connectivity index (χ1) is 16.5. The summed E-state index contributed by atoms with van der Waals surface area (Å²) in [6.07, 6.45) is 2.12. The Hall–Kier alpha value is -4.19. The molecule has 34 heavy (non-hydrogen) atoms. The molecule has 1 saturated carbocycles. The van der Waals surface area contributed by atoms with Crippen molar-refractivity contribution in [3.05, 3.63) is 95.7 Å². The molecule has 0 aliphatic heterocycles. The second-order valence-electron chi connectivity index (χ2n) is 8.53. The van der Waals surface area contributed by atoms with Gasteiger partial charge in [-0.05, 0) is 61.2 Å². The Balaban J connectivity index is 1.52. The van der Waals surface area contributed by atoms with Gasteiger partial charge >= 0.3 is 5.97 Å². The van der Waals surface area contributed by atoms with Crippen molar-refractivity contribution in [1.82, 2.24) is 9.78 Å². The predicted octanol–water partition coefficient (Wildman–Crippen LogP) is 5.90. The molecule has 1 aromatic heterocycles. The average Bonchev–Trinajstić information content (AvgIpc) is 3.62. The van der Waals surface area contributed by atoms with Gasteiger partial charge in [0.1, 0.15) is 0 Å². The van der Waals surface area contributed by atoms with Crippen LogP contribution >= 0.6 is 0 Å². The molecule has 0 bridgehead atoms. The summed E-state index contributed by atoms with van der Waals surface area (Å²) in [5.41, 5.74) is 5.71. The molecule has 0 spiro atoms. The molecule has 4 aromatic rings. The minimum Gasteiger partial charge on any atom is -0.407 e. The van der Waals surface area contributed by atoms with Crippen LogP contribution in [0.5, 0.6) is 5.88 Å². The SMILES string of the molecule is CC(=O)Oc1c(-c2ccc(NC(=O)c3ccccc3C)cc2)c(C2CC2)nn1-c1ccccc1. The van der Waals surface area contributed by atoms with Gasteiger partial charge in [0.05, 0.1) is 16.9 Å². The number of hydrogen-bond acceptors (Lipinski definition) is 4. The van der Waals surface area contributed by atoms with Crippen LogP contribution in [-0.4, -0.2) is 21.7 Å². The summed E-state index contributed by atoms with van der Waals surface area (Å²) >= 11 is 0. The molecule has 1 fully saturated rings. The smallest absolute Gasteiger partial charge is 0.309 e. The van der Waals surface area contributed by atoms with Gasteiger partial charge in [-0.2, -0.15) is 9.78 Å². The largest absolute Gasteiger partial charge is 0.407 e. The molecule has 6 nitrogen and oxygen atoms in total. The first-order valence-electron chi connectivity index (χ1n) is 11.4. The van der Waals surface area contributed by atoms with Crippen LogP contribution in [0.4, 0.5) is 5.69 Å². The fourth-order valence-electron chi connectivity index (χ4n) is 4.05. The van der Waals surface area contributed by atoms with Crippen molar-refractivity contribution in [3.8, 4) is 22.7 Å². The van der Waals surface area contributed by atoms with Gasteiger partial charge in [-0.1, -0.05) is 48.5 Å². The third-order valence-corrected chi connectivity index (χ3v) is 5.90. The highest BCUT2D eigenvalue weighted by molar-refractivity contribution is 6.05. The number of ether oxygens (including phenoxy) is 1. The van der Waals surface area contributed by atoms with Crippen molar-refractivity contribution in [2.75, 3.05) is 5.32 Å². The van der Waals surface area contributed by atoms with E-state index in [9.17, 15) is 9.59 Å². The number of nitrogens with one attached hydrogen (secondary N) is 1. The number of para-hydroxylation sites is 1. The zero-order valence-electron chi connectivity index (χ0n) is 19.1. The molecule has 1 aliphatic rings. The molecule has 5 rings (SSSR count). The molecule has 3 aromatic carbocycles. The molecule has 1 heterocycles. The molecule has 170 valence electrons. The Morgan fingerprint density at radius 2 is 1.62 bits per heavy atom. The van der Waals surface area contributed by atoms with E-state index in [4.69, 9.17) is 9.84 Å². The number of hydrogen-bond donors (Lipinski definition) is 1. The standard InChI is InChI=1S/C28H25N3O3/c1-18-8-6-7-11-24(18)27(33)29-22-16-14-20(15-17-22)25-26(21-12-13-21)30-31(28(25)34-19(2)32)23-9-4-3-5-10-23/h3-11,14-17,21H,12-13H2,1-2H3,(H,29,33). The van der Waals surface area contributed by atoms with Crippen LogP contribution < -0.4 is 10.1 Å². The van der Waals surface area contributed by atoms with E-state index in [1.807, 2.05) is 85.8 Å². The molecule has 1 aliphatic carbocycles. The number of aryl methyl sites for hydroxylation is 1. The molecular weight excluding hydrogens is 426 g/mol. The Morgan fingerprint density at radius 3 is 2.26 bits per heavy atom. The number of anilines is 1. The molecule has 1 amide bonds. The number of amides is 1. The van der Waals surface area contributed by atoms with Crippen LogP contribution in [0.15, 0.2) is 78.9 Å². The number of rotatable bonds is 6. The minimum atomic E-state index is -0.400. The predicted molar refractivity (Wildman–Crippen MR) is 131 cm³/mol. The van der Waals surface area contributed by atoms with Gasteiger partial charge in [-0.25, -0.2) is 0 Å². The zero-order chi connectivity index (χ0) is 23.7. The Morgan fingerprint density at radius 1 is 0.941 bits per heavy atom. The Labute approximate surface area is 198 Å². The van der Waals surface area contributed by atoms with Gasteiger partial charge in [0.25, 0.3) is 5.91 Å². The fourth-order valence-corrected chi connectivity index (χ4v) is 4.05. The molecule has 0 atom stereocenters. The topological polar surface area (TPSA) is 73.2 Å². The van der Waals surface area contributed by atoms with Crippen LogP contribution in [-0.2, 0) is 4.79 Å². The number of nitrogens with zero attached hydrogens (tertiary/aromatic N) is 2. The van der Waals surface area contributed by atoms with Crippen molar-refractivity contribution in [2.45, 2.75) is 32.6 Å². The maximum absolute atomic E-state index is 12.7. The van der Waals surface area contributed by atoms with Gasteiger partial charge in [0, 0.05) is 24.1 Å². The molecule has 6 heteroatoms. The van der Waals surface area contributed by atoms with E-state index in [0.717, 1.165) is 40.9 Å². The normalized spacial score (nSPS) is 12.9. The fraction of sp³-hybridized carbons (Fsp3) is 0.179. The van der Waals surface area contributed by atoms with Crippen LogP contribution in [0.2, 0.25) is 0 Å². The maximum atomic E-state index is 12.7. The van der Waals surface area contributed by atoms with Gasteiger partial charge in [0.2, 0.25) is 5.88 Å². The summed E-state index contributed by atoms with van der Waals surface area (Å²) in [6.45, 7) is 3.31. The number of aromatic nitrogens is 2. The van der Waals surface area contributed by atoms with E-state index in [2.05, 4.69) is 5.32 Å². The number of esters is 1. The molecule has 0 radical (unpaired) electrons. The second kappa shape index (κ2) is 8.98. The highest BCUT2D eigenvalue weighted by Crippen LogP contribution is 2.48. The summed E-state index contributed by atoms with van der Waals surface area (Å²) < 4.78 is 7.41. The third-order valence-electron chi connectivity index (χ3n) is 5.90. The van der Waals surface area contributed by atoms with Crippen molar-refractivity contribution in [1.29, 1.82) is 0 Å². The first kappa shape index (κ1) is 21.6. The lowest BCUT2D eigenvalue weighted by Crippen LogP contribution is -2.13. The Bertz CT molecular complexity index is 1350. The van der Waals surface area contributed by atoms with Gasteiger partial charge in [-0.3, -0.25) is 9.59 Å². The lowest BCUT2D eigenvalue weighted by atomic mass is 10.0. The molecule has 0 saturated heterocycles. The van der Waals surface area contributed by atoms with Crippen molar-refractivity contribution in [2.24, 2.45) is 0 Å². The van der Waals surface area contributed by atoms with E-state index in [0.29, 0.717) is 23.0 Å². The first-order valence-corrected chi connectivity index (χ1v) is 11.4. The highest BCUT2D eigenvalue weighted by atomic mass is 16.5. The summed E-state index contributed by atoms with van der Waals surface area (Å²) in [5.74, 6) is 0.205. The van der Waals surface area contributed by atoms with E-state index in [1.54, 1.807) is 4.68 Å². The van der Waals surface area contributed by atoms with E-state index < -0.39 is 5.97 Å². The van der Waals surface area contributed by atoms with Crippen molar-refractivity contribution < 1.29 is 14.3 Å². The number of carbonyl (C=O) groups is 2. The van der Waals surface area contributed by atoms with Crippen LogP contribution in [0.3, 0.4) is 0 Å². The summed E-state index contributed by atoms with van der Waals surface area (Å²) in [6, 6.07) is 24.7. The average molecular weight is 452 g/mol. The summed E-state index contributed by atoms with van der Waals surface area (Å²) in [4.78, 5) is 24.7. The second-order valence-corrected chi connectivity index (χ2v) is 8.53. The minimum absolute atomic E-state index is 0.151. The van der Waals surface area contributed by atoms with Crippen molar-refractivity contribution >= 4 is 17.6 Å². The molecule has 0 unspecified atom stereocenters. The van der Waals surface area contributed by atoms with E-state index >= 15 is 0 Å². The van der Waals surface area contributed by atoms with Gasteiger partial charge in [-0.15, -0.1) is 0 Å². The molecule has 1 N–H and O–H groups in total. The van der Waals surface area contributed by atoms with Crippen molar-refractivity contribution in [3.63, 3.8) is 0 Å². The van der Waals surface area contributed by atoms with Gasteiger partial charge < -0.3 is 10.1 Å². The summed E-state index contributed by atoms with van der Waals surface area (Å²) in [7, 11) is 0. The summed E-state index contributed by atoms with van der Waals surface area (Å²) in [5, 5.41) is 7.82. The molecular formula is C28H25N3O3. The zero-order valence-corrected chi connectivity index (χ0v) is 19.1. The Kier molecular flexibility index (Phi) is 5.72. The van der Waals surface area contributed by atoms with E-state index in [-0.39, 0.29) is 5.91 Å². The van der Waals surface area contributed by atoms with Crippen LogP contribution in [0, 0.1) is 6.92 Å². The highest BCUT2D eigenvalue weighted by Gasteiger charge is 2.34. The van der Waals surface area contributed by atoms with Crippen LogP contribution in [0.1, 0.15) is 47.3 Å². The van der Waals surface area contributed by atoms with Gasteiger partial charge in [0.15, 0.2) is 0 Å². The van der Waals surface area contributed by atoms with Crippen LogP contribution in [0.25, 0.3) is 16.8 Å². The van der Waals surface area contributed by atoms with E-state index in [1.165, 1.54) is 6.92 Å². The number of benzene rings is 3.